The van der Waals surface area contributed by atoms with Crippen molar-refractivity contribution < 1.29 is 0 Å². The molecule has 0 unspecified atom stereocenters. The fraction of sp³-hybridized carbons (Fsp3) is 0. The van der Waals surface area contributed by atoms with Gasteiger partial charge in [-0.3, -0.25) is 0 Å². The first kappa shape index (κ1) is 32.2. The molecule has 12 rings (SSSR count). The Hall–Kier alpha value is -8.04. The van der Waals surface area contributed by atoms with Gasteiger partial charge in [-0.15, -0.1) is 0 Å². The Morgan fingerprint density at radius 3 is 1.59 bits per heavy atom. The summed E-state index contributed by atoms with van der Waals surface area (Å²) in [5.74, 6) is 0. The maximum Gasteiger partial charge on any atom is 0.196 e. The van der Waals surface area contributed by atoms with Gasteiger partial charge in [-0.05, 0) is 144 Å². The molecular formula is C56H30N2. The van der Waals surface area contributed by atoms with Crippen molar-refractivity contribution in [2.45, 2.75) is 0 Å². The number of hydrogen-bond donors (Lipinski definition) is 0. The number of benzene rings is 10. The van der Waals surface area contributed by atoms with E-state index < -0.39 is 0 Å². The van der Waals surface area contributed by atoms with Gasteiger partial charge < -0.3 is 0 Å². The van der Waals surface area contributed by atoms with Gasteiger partial charge in [-0.2, -0.15) is 5.26 Å². The van der Waals surface area contributed by atoms with Gasteiger partial charge in [0.1, 0.15) is 0 Å². The number of nitriles is 1. The second-order valence-corrected chi connectivity index (χ2v) is 15.3. The van der Waals surface area contributed by atoms with Gasteiger partial charge in [0, 0.05) is 5.56 Å². The minimum atomic E-state index is 0.479. The zero-order valence-electron chi connectivity index (χ0n) is 31.2. The first-order valence-corrected chi connectivity index (χ1v) is 19.6. The molecule has 0 fully saturated rings. The van der Waals surface area contributed by atoms with E-state index in [-0.39, 0.29) is 0 Å². The van der Waals surface area contributed by atoms with Gasteiger partial charge in [0.05, 0.1) is 12.6 Å². The van der Waals surface area contributed by atoms with Crippen LogP contribution in [0.2, 0.25) is 0 Å². The van der Waals surface area contributed by atoms with Crippen LogP contribution in [0.1, 0.15) is 5.56 Å². The summed E-state index contributed by atoms with van der Waals surface area (Å²) in [7, 11) is 0. The Labute approximate surface area is 334 Å². The van der Waals surface area contributed by atoms with Crippen molar-refractivity contribution in [2.24, 2.45) is 0 Å². The van der Waals surface area contributed by atoms with E-state index >= 15 is 0 Å². The Bertz CT molecular complexity index is 3740. The molecule has 0 N–H and O–H groups in total. The summed E-state index contributed by atoms with van der Waals surface area (Å²) in [6.07, 6.45) is 0. The van der Waals surface area contributed by atoms with Crippen LogP contribution in [-0.4, -0.2) is 0 Å². The van der Waals surface area contributed by atoms with E-state index in [0.717, 1.165) is 22.3 Å². The number of fused-ring (bicyclic) bond motifs is 8. The predicted molar refractivity (Wildman–Crippen MR) is 244 cm³/mol. The smallest absolute Gasteiger partial charge is 0.196 e. The summed E-state index contributed by atoms with van der Waals surface area (Å²) in [6.45, 7) is 7.88. The van der Waals surface area contributed by atoms with Gasteiger partial charge in [-0.1, -0.05) is 158 Å². The van der Waals surface area contributed by atoms with Crippen LogP contribution < -0.4 is 0 Å². The third-order valence-electron chi connectivity index (χ3n) is 12.4. The maximum atomic E-state index is 9.50. The topological polar surface area (TPSA) is 28.1 Å². The fourth-order valence-corrected chi connectivity index (χ4v) is 10.1. The van der Waals surface area contributed by atoms with Gasteiger partial charge in [0.15, 0.2) is 5.69 Å². The Morgan fingerprint density at radius 2 is 0.862 bits per heavy atom. The molecule has 0 heterocycles. The number of nitrogens with zero attached hydrogens (tertiary/aromatic N) is 2. The standard InChI is InChI=1S/C56H30N2/c1-58-49-29-33(32-57)25-26-39(49)37-18-10-17-36(30-37)38-27-28-46-52-42(38)21-11-24-45(52)55-50(34-13-4-2-5-14-34)48-31-47-41-20-9-8-19-40(41)43-22-12-23-44(53(43)47)54(48)51(56(46)55)35-15-6-3-7-16-35/h2-31H. The lowest BCUT2D eigenvalue weighted by atomic mass is 9.84. The van der Waals surface area contributed by atoms with E-state index in [9.17, 15) is 5.26 Å². The highest BCUT2D eigenvalue weighted by Gasteiger charge is 2.27. The van der Waals surface area contributed by atoms with Crippen LogP contribution in [0, 0.1) is 17.9 Å². The second kappa shape index (κ2) is 12.2. The highest BCUT2D eigenvalue weighted by atomic mass is 14.6. The second-order valence-electron chi connectivity index (χ2n) is 15.3. The van der Waals surface area contributed by atoms with Crippen molar-refractivity contribution >= 4 is 81.1 Å². The highest BCUT2D eigenvalue weighted by molar-refractivity contribution is 6.45. The summed E-state index contributed by atoms with van der Waals surface area (Å²) >= 11 is 0. The fourth-order valence-electron chi connectivity index (χ4n) is 10.1. The Balaban J connectivity index is 1.26. The Morgan fingerprint density at radius 1 is 0.345 bits per heavy atom. The van der Waals surface area contributed by atoms with Crippen LogP contribution in [0.25, 0.3) is 125 Å². The van der Waals surface area contributed by atoms with Crippen LogP contribution in [-0.2, 0) is 0 Å². The molecule has 58 heavy (non-hydrogen) atoms. The van der Waals surface area contributed by atoms with E-state index in [4.69, 9.17) is 6.57 Å². The lowest BCUT2D eigenvalue weighted by Gasteiger charge is -2.19. The molecule has 12 aromatic carbocycles. The molecule has 264 valence electrons. The third kappa shape index (κ3) is 4.40. The minimum Gasteiger partial charge on any atom is -0.237 e. The van der Waals surface area contributed by atoms with Gasteiger partial charge in [0.2, 0.25) is 0 Å². The van der Waals surface area contributed by atoms with Crippen molar-refractivity contribution in [1.82, 2.24) is 0 Å². The summed E-state index contributed by atoms with van der Waals surface area (Å²) in [4.78, 5) is 3.79. The predicted octanol–water partition coefficient (Wildman–Crippen LogP) is 15.7. The normalized spacial score (nSPS) is 11.8. The van der Waals surface area contributed by atoms with Crippen LogP contribution in [0.15, 0.2) is 182 Å². The average molecular weight is 731 g/mol. The van der Waals surface area contributed by atoms with Crippen LogP contribution in [0.3, 0.4) is 0 Å². The van der Waals surface area contributed by atoms with Gasteiger partial charge in [0.25, 0.3) is 0 Å². The molecule has 0 aromatic heterocycles. The van der Waals surface area contributed by atoms with Crippen LogP contribution in [0.5, 0.6) is 0 Å². The number of rotatable bonds is 4. The molecule has 0 saturated heterocycles. The molecular weight excluding hydrogens is 701 g/mol. The van der Waals surface area contributed by atoms with E-state index in [1.807, 2.05) is 6.07 Å². The summed E-state index contributed by atoms with van der Waals surface area (Å²) in [5, 5.41) is 27.3. The van der Waals surface area contributed by atoms with Crippen LogP contribution >= 0.6 is 0 Å². The van der Waals surface area contributed by atoms with Crippen molar-refractivity contribution in [3.63, 3.8) is 0 Å². The van der Waals surface area contributed by atoms with Crippen LogP contribution in [0.4, 0.5) is 5.69 Å². The minimum absolute atomic E-state index is 0.479. The summed E-state index contributed by atoms with van der Waals surface area (Å²) in [6, 6.07) is 67.6. The molecule has 0 atom stereocenters. The number of hydrogen-bond acceptors (Lipinski definition) is 1. The first-order valence-electron chi connectivity index (χ1n) is 19.6. The molecule has 0 radical (unpaired) electrons. The maximum absolute atomic E-state index is 9.50. The monoisotopic (exact) mass is 730 g/mol. The molecule has 0 saturated carbocycles. The lowest BCUT2D eigenvalue weighted by molar-refractivity contribution is 1.48. The summed E-state index contributed by atoms with van der Waals surface area (Å²) < 4.78 is 0. The Kier molecular flexibility index (Phi) is 6.80. The first-order chi connectivity index (χ1) is 28.7. The molecule has 0 aliphatic rings. The van der Waals surface area contributed by atoms with Crippen molar-refractivity contribution in [3.8, 4) is 50.6 Å². The van der Waals surface area contributed by atoms with E-state index in [1.54, 1.807) is 12.1 Å². The zero-order chi connectivity index (χ0) is 38.5. The summed E-state index contributed by atoms with van der Waals surface area (Å²) in [5.41, 5.74) is 9.90. The van der Waals surface area contributed by atoms with E-state index in [1.165, 1.54) is 97.7 Å². The molecule has 0 amide bonds. The van der Waals surface area contributed by atoms with E-state index in [2.05, 4.69) is 175 Å². The molecule has 0 bridgehead atoms. The zero-order valence-corrected chi connectivity index (χ0v) is 31.2. The van der Waals surface area contributed by atoms with Crippen molar-refractivity contribution in [1.29, 1.82) is 5.26 Å². The van der Waals surface area contributed by atoms with Crippen molar-refractivity contribution in [3.05, 3.63) is 199 Å². The largest absolute Gasteiger partial charge is 0.237 e. The molecule has 0 spiro atoms. The molecule has 2 nitrogen and oxygen atoms in total. The molecule has 12 aromatic rings. The SMILES string of the molecule is [C-]#[N+]c1cc(C#N)ccc1-c1cccc(-c2ccc3c4c(-c5ccccc5)c5c(cc6c7ccccc7c7cccc5c76)c(-c5ccccc5)c4c4cccc2c43)c1. The van der Waals surface area contributed by atoms with Crippen molar-refractivity contribution in [2.75, 3.05) is 0 Å². The lowest BCUT2D eigenvalue weighted by Crippen LogP contribution is -1.91. The quantitative estimate of drug-likeness (QED) is 0.131. The highest BCUT2D eigenvalue weighted by Crippen LogP contribution is 2.55. The molecule has 2 heteroatoms. The third-order valence-corrected chi connectivity index (χ3v) is 12.4. The molecule has 0 aliphatic carbocycles. The van der Waals surface area contributed by atoms with Gasteiger partial charge in [-0.25, -0.2) is 4.85 Å². The molecule has 0 aliphatic heterocycles. The average Bonchev–Trinajstić information content (AvgIpc) is 3.80. The van der Waals surface area contributed by atoms with Gasteiger partial charge >= 0.3 is 0 Å². The van der Waals surface area contributed by atoms with E-state index in [0.29, 0.717) is 11.3 Å².